The summed E-state index contributed by atoms with van der Waals surface area (Å²) in [6.07, 6.45) is -0.269. The quantitative estimate of drug-likeness (QED) is 0.748. The maximum absolute atomic E-state index is 12.0. The van der Waals surface area contributed by atoms with E-state index in [2.05, 4.69) is 0 Å². The number of sulfonamides is 1. The molecule has 5 nitrogen and oxygen atoms in total. The van der Waals surface area contributed by atoms with Crippen LogP contribution >= 0.6 is 0 Å². The molecule has 0 unspecified atom stereocenters. The van der Waals surface area contributed by atoms with Gasteiger partial charge in [0.2, 0.25) is 10.0 Å². The van der Waals surface area contributed by atoms with E-state index in [0.717, 1.165) is 4.31 Å². The molecule has 0 aliphatic rings. The highest BCUT2D eigenvalue weighted by molar-refractivity contribution is 7.92. The highest BCUT2D eigenvalue weighted by atomic mass is 32.2. The molecular weight excluding hydrogens is 266 g/mol. The Morgan fingerprint density at radius 1 is 1.26 bits per heavy atom. The van der Waals surface area contributed by atoms with E-state index in [9.17, 15) is 13.2 Å². The first kappa shape index (κ1) is 15.5. The van der Waals surface area contributed by atoms with Crippen LogP contribution in [0.2, 0.25) is 0 Å². The second-order valence-corrected chi connectivity index (χ2v) is 6.46. The van der Waals surface area contributed by atoms with Gasteiger partial charge in [-0.1, -0.05) is 18.2 Å². The Hall–Kier alpha value is -1.56. The Bertz CT molecular complexity index is 511. The van der Waals surface area contributed by atoms with Gasteiger partial charge in [0.05, 0.1) is 17.5 Å². The Morgan fingerprint density at radius 2 is 1.84 bits per heavy atom. The molecule has 1 aromatic rings. The van der Waals surface area contributed by atoms with Gasteiger partial charge in [-0.2, -0.15) is 0 Å². The van der Waals surface area contributed by atoms with Crippen LogP contribution < -0.4 is 4.31 Å². The average Bonchev–Trinajstić information content (AvgIpc) is 2.36. The number of ether oxygens (including phenoxy) is 1. The summed E-state index contributed by atoms with van der Waals surface area (Å²) in [6.45, 7) is 4.68. The molecule has 1 aromatic carbocycles. The molecule has 0 fully saturated rings. The van der Waals surface area contributed by atoms with Crippen LogP contribution in [0.5, 0.6) is 0 Å². The number of para-hydroxylation sites is 1. The predicted molar refractivity (Wildman–Crippen MR) is 74.5 cm³/mol. The third-order valence-electron chi connectivity index (χ3n) is 2.38. The summed E-state index contributed by atoms with van der Waals surface area (Å²) in [4.78, 5) is 11.7. The third kappa shape index (κ3) is 4.55. The molecule has 0 saturated heterocycles. The van der Waals surface area contributed by atoms with Gasteiger partial charge in [-0.05, 0) is 32.9 Å². The number of hydrogen-bond acceptors (Lipinski definition) is 4. The molecule has 19 heavy (non-hydrogen) atoms. The molecule has 0 amide bonds. The van der Waals surface area contributed by atoms with E-state index >= 15 is 0 Å². The predicted octanol–water partition coefficient (Wildman–Crippen LogP) is 1.79. The highest BCUT2D eigenvalue weighted by Crippen LogP contribution is 2.17. The molecule has 0 spiro atoms. The van der Waals surface area contributed by atoms with Gasteiger partial charge in [-0.3, -0.25) is 9.10 Å². The Kier molecular flexibility index (Phi) is 5.35. The standard InChI is InChI=1S/C13H19NO4S/c1-4-19(16,17)14(10-13(15)18-11(2)3)12-8-6-5-7-9-12/h5-9,11H,4,10H2,1-3H3. The Balaban J connectivity index is 2.99. The fourth-order valence-corrected chi connectivity index (χ4v) is 2.57. The van der Waals surface area contributed by atoms with E-state index < -0.39 is 16.0 Å². The maximum Gasteiger partial charge on any atom is 0.327 e. The third-order valence-corrected chi connectivity index (χ3v) is 4.13. The molecule has 0 aliphatic heterocycles. The molecule has 0 heterocycles. The van der Waals surface area contributed by atoms with Crippen molar-refractivity contribution in [2.24, 2.45) is 0 Å². The van der Waals surface area contributed by atoms with Crippen molar-refractivity contribution in [2.75, 3.05) is 16.6 Å². The number of benzene rings is 1. The second-order valence-electron chi connectivity index (χ2n) is 4.28. The number of carbonyl (C=O) groups is 1. The Labute approximate surface area is 114 Å². The summed E-state index contributed by atoms with van der Waals surface area (Å²) in [5, 5.41) is 0. The summed E-state index contributed by atoms with van der Waals surface area (Å²) >= 11 is 0. The SMILES string of the molecule is CCS(=O)(=O)N(CC(=O)OC(C)C)c1ccccc1. The summed E-state index contributed by atoms with van der Waals surface area (Å²) in [6, 6.07) is 8.53. The van der Waals surface area contributed by atoms with E-state index in [0.29, 0.717) is 5.69 Å². The number of hydrogen-bond donors (Lipinski definition) is 0. The molecule has 1 rings (SSSR count). The molecule has 0 aromatic heterocycles. The average molecular weight is 285 g/mol. The lowest BCUT2D eigenvalue weighted by Crippen LogP contribution is -2.38. The molecule has 106 valence electrons. The van der Waals surface area contributed by atoms with Gasteiger partial charge < -0.3 is 4.74 Å². The fraction of sp³-hybridized carbons (Fsp3) is 0.462. The van der Waals surface area contributed by atoms with Gasteiger partial charge >= 0.3 is 5.97 Å². The van der Waals surface area contributed by atoms with Crippen LogP contribution in [0.3, 0.4) is 0 Å². The first-order valence-electron chi connectivity index (χ1n) is 6.11. The zero-order valence-corrected chi connectivity index (χ0v) is 12.2. The van der Waals surface area contributed by atoms with E-state index in [1.165, 1.54) is 0 Å². The van der Waals surface area contributed by atoms with Crippen LogP contribution in [-0.4, -0.2) is 32.8 Å². The lowest BCUT2D eigenvalue weighted by molar-refractivity contribution is -0.145. The van der Waals surface area contributed by atoms with Crippen LogP contribution in [0.25, 0.3) is 0 Å². The molecule has 0 N–H and O–H groups in total. The van der Waals surface area contributed by atoms with Crippen LogP contribution in [-0.2, 0) is 19.6 Å². The van der Waals surface area contributed by atoms with E-state index in [-0.39, 0.29) is 18.4 Å². The normalized spacial score (nSPS) is 11.4. The molecule has 0 saturated carbocycles. The van der Waals surface area contributed by atoms with Crippen LogP contribution in [0, 0.1) is 0 Å². The van der Waals surface area contributed by atoms with Crippen molar-refractivity contribution in [1.29, 1.82) is 0 Å². The first-order valence-corrected chi connectivity index (χ1v) is 7.72. The molecular formula is C13H19NO4S. The lowest BCUT2D eigenvalue weighted by atomic mass is 10.3. The van der Waals surface area contributed by atoms with Crippen molar-refractivity contribution >= 4 is 21.7 Å². The number of rotatable bonds is 6. The van der Waals surface area contributed by atoms with Crippen molar-refractivity contribution in [3.05, 3.63) is 30.3 Å². The lowest BCUT2D eigenvalue weighted by Gasteiger charge is -2.23. The summed E-state index contributed by atoms with van der Waals surface area (Å²) in [5.74, 6) is -0.632. The summed E-state index contributed by atoms with van der Waals surface area (Å²) in [5.41, 5.74) is 0.463. The van der Waals surface area contributed by atoms with Gasteiger partial charge in [0.15, 0.2) is 0 Å². The number of anilines is 1. The number of nitrogens with zero attached hydrogens (tertiary/aromatic N) is 1. The summed E-state index contributed by atoms with van der Waals surface area (Å²) < 4.78 is 30.2. The van der Waals surface area contributed by atoms with Gasteiger partial charge in [-0.25, -0.2) is 8.42 Å². The smallest absolute Gasteiger partial charge is 0.327 e. The van der Waals surface area contributed by atoms with Crippen molar-refractivity contribution in [2.45, 2.75) is 26.9 Å². The van der Waals surface area contributed by atoms with Crippen LogP contribution in [0.4, 0.5) is 5.69 Å². The highest BCUT2D eigenvalue weighted by Gasteiger charge is 2.24. The zero-order chi connectivity index (χ0) is 14.5. The van der Waals surface area contributed by atoms with E-state index in [1.807, 2.05) is 0 Å². The molecule has 0 bridgehead atoms. The minimum absolute atomic E-state index is 0.0726. The first-order chi connectivity index (χ1) is 8.86. The zero-order valence-electron chi connectivity index (χ0n) is 11.4. The summed E-state index contributed by atoms with van der Waals surface area (Å²) in [7, 11) is -3.51. The van der Waals surface area contributed by atoms with E-state index in [4.69, 9.17) is 4.74 Å². The topological polar surface area (TPSA) is 63.7 Å². The maximum atomic E-state index is 12.0. The van der Waals surface area contributed by atoms with Crippen molar-refractivity contribution in [3.8, 4) is 0 Å². The fourth-order valence-electron chi connectivity index (χ4n) is 1.52. The van der Waals surface area contributed by atoms with Gasteiger partial charge in [0.1, 0.15) is 6.54 Å². The van der Waals surface area contributed by atoms with Crippen LogP contribution in [0.1, 0.15) is 20.8 Å². The second kappa shape index (κ2) is 6.56. The molecule has 6 heteroatoms. The minimum atomic E-state index is -3.51. The van der Waals surface area contributed by atoms with Gasteiger partial charge in [0, 0.05) is 0 Å². The number of carbonyl (C=O) groups excluding carboxylic acids is 1. The van der Waals surface area contributed by atoms with Gasteiger partial charge in [0.25, 0.3) is 0 Å². The van der Waals surface area contributed by atoms with Crippen molar-refractivity contribution < 1.29 is 17.9 Å². The van der Waals surface area contributed by atoms with Crippen molar-refractivity contribution in [3.63, 3.8) is 0 Å². The number of esters is 1. The largest absolute Gasteiger partial charge is 0.462 e. The van der Waals surface area contributed by atoms with Crippen molar-refractivity contribution in [1.82, 2.24) is 0 Å². The minimum Gasteiger partial charge on any atom is -0.462 e. The Morgan fingerprint density at radius 3 is 2.32 bits per heavy atom. The van der Waals surface area contributed by atoms with Gasteiger partial charge in [-0.15, -0.1) is 0 Å². The molecule has 0 aliphatic carbocycles. The monoisotopic (exact) mass is 285 g/mol. The van der Waals surface area contributed by atoms with E-state index in [1.54, 1.807) is 51.1 Å². The molecule has 0 atom stereocenters. The van der Waals surface area contributed by atoms with Crippen LogP contribution in [0.15, 0.2) is 30.3 Å². The molecule has 0 radical (unpaired) electrons.